The summed E-state index contributed by atoms with van der Waals surface area (Å²) in [4.78, 5) is 4.18. The van der Waals surface area contributed by atoms with Crippen molar-refractivity contribution >= 4 is 11.6 Å². The fourth-order valence-electron chi connectivity index (χ4n) is 2.31. The molecule has 1 unspecified atom stereocenters. The summed E-state index contributed by atoms with van der Waals surface area (Å²) in [7, 11) is 3.57. The molecule has 0 radical (unpaired) electrons. The molecule has 0 aromatic carbocycles. The average Bonchev–Trinajstić information content (AvgIpc) is 2.39. The monoisotopic (exact) mass is 255 g/mol. The van der Waals surface area contributed by atoms with Crippen molar-refractivity contribution in [3.05, 3.63) is 23.0 Å². The lowest BCUT2D eigenvalue weighted by Gasteiger charge is -2.35. The number of pyridine rings is 1. The third-order valence-electron chi connectivity index (χ3n) is 3.22. The highest BCUT2D eigenvalue weighted by atomic mass is 35.5. The Kier molecular flexibility index (Phi) is 4.20. The smallest absolute Gasteiger partial charge is 0.171 e. The number of nitrogens with one attached hydrogen (secondary N) is 1. The fourth-order valence-corrected chi connectivity index (χ4v) is 2.49. The Morgan fingerprint density at radius 1 is 1.53 bits per heavy atom. The molecule has 17 heavy (non-hydrogen) atoms. The first-order valence-electron chi connectivity index (χ1n) is 5.89. The number of piperidine rings is 1. The molecule has 1 saturated heterocycles. The number of halogens is 1. The van der Waals surface area contributed by atoms with E-state index in [4.69, 9.17) is 16.3 Å². The van der Waals surface area contributed by atoms with E-state index in [2.05, 4.69) is 15.4 Å². The Morgan fingerprint density at radius 3 is 3.06 bits per heavy atom. The van der Waals surface area contributed by atoms with Crippen molar-refractivity contribution in [3.63, 3.8) is 0 Å². The number of aromatic nitrogens is 1. The molecule has 1 aromatic rings. The number of ether oxygens (including phenoxy) is 1. The van der Waals surface area contributed by atoms with Gasteiger partial charge in [-0.15, -0.1) is 0 Å². The third kappa shape index (κ3) is 2.70. The molecule has 4 nitrogen and oxygen atoms in total. The van der Waals surface area contributed by atoms with Crippen LogP contribution in [0.3, 0.4) is 0 Å². The van der Waals surface area contributed by atoms with Crippen molar-refractivity contribution in [3.8, 4) is 5.75 Å². The van der Waals surface area contributed by atoms with Crippen LogP contribution in [-0.2, 0) is 0 Å². The van der Waals surface area contributed by atoms with Crippen LogP contribution in [0.5, 0.6) is 5.75 Å². The van der Waals surface area contributed by atoms with Crippen molar-refractivity contribution in [1.29, 1.82) is 0 Å². The summed E-state index contributed by atoms with van der Waals surface area (Å²) in [5, 5.41) is 2.66. The topological polar surface area (TPSA) is 37.4 Å². The summed E-state index contributed by atoms with van der Waals surface area (Å²) in [5.74, 6) is 0.644. The number of hydrogen-bond acceptors (Lipinski definition) is 4. The number of hydrazine groups is 1. The molecular weight excluding hydrogens is 238 g/mol. The van der Waals surface area contributed by atoms with Gasteiger partial charge in [-0.3, -0.25) is 5.43 Å². The molecule has 1 aliphatic heterocycles. The first-order chi connectivity index (χ1) is 8.26. The number of hydrogen-bond donors (Lipinski definition) is 1. The summed E-state index contributed by atoms with van der Waals surface area (Å²) in [6.45, 7) is 1.06. The van der Waals surface area contributed by atoms with E-state index >= 15 is 0 Å². The average molecular weight is 256 g/mol. The minimum Gasteiger partial charge on any atom is -0.494 e. The van der Waals surface area contributed by atoms with Gasteiger partial charge in [-0.2, -0.15) is 0 Å². The van der Waals surface area contributed by atoms with Crippen LogP contribution in [-0.4, -0.2) is 30.7 Å². The van der Waals surface area contributed by atoms with Gasteiger partial charge in [0.15, 0.2) is 10.9 Å². The molecule has 2 heterocycles. The molecule has 0 spiro atoms. The zero-order chi connectivity index (χ0) is 12.3. The van der Waals surface area contributed by atoms with Crippen LogP contribution in [0.25, 0.3) is 0 Å². The lowest BCUT2D eigenvalue weighted by molar-refractivity contribution is 0.0980. The minimum atomic E-state index is 0.354. The second kappa shape index (κ2) is 5.67. The maximum Gasteiger partial charge on any atom is 0.171 e. The molecule has 1 aliphatic rings. The van der Waals surface area contributed by atoms with Gasteiger partial charge in [0.05, 0.1) is 13.2 Å². The van der Waals surface area contributed by atoms with Crippen LogP contribution < -0.4 is 10.2 Å². The first kappa shape index (κ1) is 12.6. The van der Waals surface area contributed by atoms with Crippen molar-refractivity contribution in [1.82, 2.24) is 15.4 Å². The van der Waals surface area contributed by atoms with E-state index in [1.165, 1.54) is 12.8 Å². The van der Waals surface area contributed by atoms with Crippen molar-refractivity contribution in [2.24, 2.45) is 0 Å². The minimum absolute atomic E-state index is 0.354. The Bertz CT molecular complexity index is 386. The van der Waals surface area contributed by atoms with E-state index in [1.54, 1.807) is 7.11 Å². The lowest BCUT2D eigenvalue weighted by Crippen LogP contribution is -2.41. The second-order valence-corrected chi connectivity index (χ2v) is 4.55. The summed E-state index contributed by atoms with van der Waals surface area (Å²) >= 11 is 5.94. The number of nitrogens with zero attached hydrogens (tertiary/aromatic N) is 2. The third-order valence-corrected chi connectivity index (χ3v) is 3.51. The summed E-state index contributed by atoms with van der Waals surface area (Å²) in [6, 6.07) is 2.34. The summed E-state index contributed by atoms with van der Waals surface area (Å²) in [5.41, 5.74) is 4.39. The molecule has 1 aromatic heterocycles. The maximum absolute atomic E-state index is 5.94. The van der Waals surface area contributed by atoms with E-state index in [-0.39, 0.29) is 0 Å². The van der Waals surface area contributed by atoms with Gasteiger partial charge in [0.1, 0.15) is 0 Å². The van der Waals surface area contributed by atoms with Crippen LogP contribution in [0.15, 0.2) is 12.3 Å². The van der Waals surface area contributed by atoms with Crippen LogP contribution in [0.1, 0.15) is 30.9 Å². The molecule has 0 aliphatic carbocycles. The molecular formula is C12H18ClN3O. The second-order valence-electron chi connectivity index (χ2n) is 4.19. The van der Waals surface area contributed by atoms with Gasteiger partial charge in [0.2, 0.25) is 0 Å². The van der Waals surface area contributed by atoms with Crippen LogP contribution in [0.2, 0.25) is 5.15 Å². The van der Waals surface area contributed by atoms with Gasteiger partial charge in [-0.1, -0.05) is 18.0 Å². The zero-order valence-electron chi connectivity index (χ0n) is 10.2. The van der Waals surface area contributed by atoms with E-state index in [0.717, 1.165) is 18.5 Å². The van der Waals surface area contributed by atoms with Gasteiger partial charge in [0, 0.05) is 12.7 Å². The van der Waals surface area contributed by atoms with Gasteiger partial charge in [-0.05, 0) is 31.5 Å². The van der Waals surface area contributed by atoms with Gasteiger partial charge < -0.3 is 4.74 Å². The van der Waals surface area contributed by atoms with Crippen LogP contribution in [0, 0.1) is 0 Å². The fraction of sp³-hybridized carbons (Fsp3) is 0.583. The zero-order valence-corrected chi connectivity index (χ0v) is 11.0. The molecule has 94 valence electrons. The van der Waals surface area contributed by atoms with Crippen LogP contribution in [0.4, 0.5) is 0 Å². The van der Waals surface area contributed by atoms with E-state index < -0.39 is 0 Å². The molecule has 2 rings (SSSR count). The standard InChI is InChI=1S/C12H18ClN3O/c1-14-16-6-4-3-5-10(16)9-7-11(17-2)12(13)15-8-9/h7-8,10,14H,3-6H2,1-2H3. The molecule has 1 atom stereocenters. The van der Waals surface area contributed by atoms with Crippen molar-refractivity contribution in [2.75, 3.05) is 20.7 Å². The predicted molar refractivity (Wildman–Crippen MR) is 68.2 cm³/mol. The molecule has 0 amide bonds. The normalized spacial score (nSPS) is 21.5. The Balaban J connectivity index is 2.25. The van der Waals surface area contributed by atoms with E-state index in [9.17, 15) is 0 Å². The van der Waals surface area contributed by atoms with Crippen LogP contribution >= 0.6 is 11.6 Å². The highest BCUT2D eigenvalue weighted by molar-refractivity contribution is 6.30. The first-order valence-corrected chi connectivity index (χ1v) is 6.27. The Hall–Kier alpha value is -0.840. The molecule has 1 fully saturated rings. The SMILES string of the molecule is CNN1CCCCC1c1cnc(Cl)c(OC)c1. The van der Waals surface area contributed by atoms with E-state index in [1.807, 2.05) is 19.3 Å². The Labute approximate surface area is 107 Å². The molecule has 0 saturated carbocycles. The Morgan fingerprint density at radius 2 is 2.35 bits per heavy atom. The maximum atomic E-state index is 5.94. The number of methoxy groups -OCH3 is 1. The van der Waals surface area contributed by atoms with Gasteiger partial charge in [0.25, 0.3) is 0 Å². The molecule has 0 bridgehead atoms. The highest BCUT2D eigenvalue weighted by Crippen LogP contribution is 2.32. The molecule has 5 heteroatoms. The highest BCUT2D eigenvalue weighted by Gasteiger charge is 2.23. The van der Waals surface area contributed by atoms with Crippen molar-refractivity contribution < 1.29 is 4.74 Å². The van der Waals surface area contributed by atoms with Gasteiger partial charge >= 0.3 is 0 Å². The van der Waals surface area contributed by atoms with Gasteiger partial charge in [-0.25, -0.2) is 9.99 Å². The lowest BCUT2D eigenvalue weighted by atomic mass is 9.98. The molecule has 1 N–H and O–H groups in total. The quantitative estimate of drug-likeness (QED) is 0.842. The van der Waals surface area contributed by atoms with Crippen molar-refractivity contribution in [2.45, 2.75) is 25.3 Å². The largest absolute Gasteiger partial charge is 0.494 e. The van der Waals surface area contributed by atoms with E-state index in [0.29, 0.717) is 16.9 Å². The number of rotatable bonds is 3. The summed E-state index contributed by atoms with van der Waals surface area (Å²) < 4.78 is 5.21. The summed E-state index contributed by atoms with van der Waals surface area (Å²) in [6.07, 6.45) is 5.45. The predicted octanol–water partition coefficient (Wildman–Crippen LogP) is 2.41.